The molecule has 0 unspecified atom stereocenters. The van der Waals surface area contributed by atoms with Crippen LogP contribution in [-0.4, -0.2) is 53.2 Å². The van der Waals surface area contributed by atoms with Gasteiger partial charge in [-0.25, -0.2) is 4.39 Å². The fourth-order valence-electron chi connectivity index (χ4n) is 4.33. The lowest BCUT2D eigenvalue weighted by molar-refractivity contribution is 0.133. The summed E-state index contributed by atoms with van der Waals surface area (Å²) < 4.78 is 13.4. The molecule has 1 saturated heterocycles. The first-order valence-corrected chi connectivity index (χ1v) is 11.8. The quantitative estimate of drug-likeness (QED) is 0.607. The highest BCUT2D eigenvalue weighted by Crippen LogP contribution is 2.19. The van der Waals surface area contributed by atoms with Gasteiger partial charge in [-0.1, -0.05) is 43.0 Å². The number of likely N-dealkylation sites (tertiary alicyclic amines) is 1. The zero-order chi connectivity index (χ0) is 23.0. The van der Waals surface area contributed by atoms with E-state index in [0.717, 1.165) is 56.8 Å². The van der Waals surface area contributed by atoms with E-state index in [1.165, 1.54) is 24.5 Å². The molecule has 2 aromatic rings. The van der Waals surface area contributed by atoms with E-state index in [-0.39, 0.29) is 5.82 Å². The highest BCUT2D eigenvalue weighted by atomic mass is 19.1. The van der Waals surface area contributed by atoms with Crippen LogP contribution in [0.3, 0.4) is 0 Å². The first-order valence-electron chi connectivity index (χ1n) is 11.8. The second kappa shape index (κ2) is 11.6. The Balaban J connectivity index is 1.49. The van der Waals surface area contributed by atoms with Crippen LogP contribution in [0.25, 0.3) is 0 Å². The van der Waals surface area contributed by atoms with Gasteiger partial charge in [0.2, 0.25) is 0 Å². The second-order valence-corrected chi connectivity index (χ2v) is 9.52. The molecule has 0 aliphatic carbocycles. The zero-order valence-electron chi connectivity index (χ0n) is 19.8. The normalized spacial score (nSPS) is 17.2. The first-order chi connectivity index (χ1) is 15.3. The summed E-state index contributed by atoms with van der Waals surface area (Å²) in [5.74, 6) is 6.43. The van der Waals surface area contributed by atoms with E-state index < -0.39 is 5.60 Å². The van der Waals surface area contributed by atoms with Crippen LogP contribution in [0.2, 0.25) is 0 Å². The van der Waals surface area contributed by atoms with Crippen LogP contribution >= 0.6 is 0 Å². The van der Waals surface area contributed by atoms with E-state index >= 15 is 0 Å². The van der Waals surface area contributed by atoms with Gasteiger partial charge in [0.05, 0.1) is 0 Å². The van der Waals surface area contributed by atoms with Crippen molar-refractivity contribution in [3.63, 3.8) is 0 Å². The predicted molar refractivity (Wildman–Crippen MR) is 130 cm³/mol. The molecule has 172 valence electrons. The van der Waals surface area contributed by atoms with Crippen molar-refractivity contribution in [3.05, 3.63) is 71.0 Å². The lowest BCUT2D eigenvalue weighted by Crippen LogP contribution is -2.41. The molecule has 0 aromatic heterocycles. The average molecular weight is 437 g/mol. The highest BCUT2D eigenvalue weighted by molar-refractivity contribution is 5.37. The van der Waals surface area contributed by atoms with Gasteiger partial charge in [0.25, 0.3) is 0 Å². The van der Waals surface area contributed by atoms with Crippen LogP contribution in [0.15, 0.2) is 48.5 Å². The second-order valence-electron chi connectivity index (χ2n) is 9.52. The Kier molecular flexibility index (Phi) is 8.87. The molecular weight excluding hydrogens is 399 g/mol. The Hall–Kier alpha value is -2.19. The summed E-state index contributed by atoms with van der Waals surface area (Å²) >= 11 is 0. The van der Waals surface area contributed by atoms with Crippen molar-refractivity contribution in [2.45, 2.75) is 52.2 Å². The van der Waals surface area contributed by atoms with E-state index in [4.69, 9.17) is 0 Å². The molecule has 32 heavy (non-hydrogen) atoms. The number of aliphatic hydroxyl groups is 1. The van der Waals surface area contributed by atoms with E-state index in [2.05, 4.69) is 40.7 Å². The smallest absolute Gasteiger partial charge is 0.123 e. The van der Waals surface area contributed by atoms with Gasteiger partial charge >= 0.3 is 0 Å². The average Bonchev–Trinajstić information content (AvgIpc) is 2.76. The summed E-state index contributed by atoms with van der Waals surface area (Å²) in [6.45, 7) is 12.0. The molecule has 0 spiro atoms. The molecule has 3 rings (SSSR count). The van der Waals surface area contributed by atoms with Gasteiger partial charge in [-0.3, -0.25) is 4.90 Å². The maximum Gasteiger partial charge on any atom is 0.123 e. The van der Waals surface area contributed by atoms with E-state index in [1.807, 2.05) is 18.2 Å². The molecule has 0 radical (unpaired) electrons. The Morgan fingerprint density at radius 1 is 1.16 bits per heavy atom. The van der Waals surface area contributed by atoms with Crippen molar-refractivity contribution in [1.82, 2.24) is 9.80 Å². The topological polar surface area (TPSA) is 26.7 Å². The van der Waals surface area contributed by atoms with Crippen LogP contribution in [0.4, 0.5) is 4.39 Å². The standard InChI is InChI=1S/C28H37FN2O/c1-4-30(20-25-12-10-23(11-13-25)14-16-28(2,3)32)21-26-8-6-17-31(22-26)18-15-24-7-5-9-27(29)19-24/h5,7,9-13,19,26,32H,4,6,8,15,17-18,20-22H2,1-3H3/t26-/m1/s1. The highest BCUT2D eigenvalue weighted by Gasteiger charge is 2.21. The van der Waals surface area contributed by atoms with Crippen LogP contribution < -0.4 is 0 Å². The summed E-state index contributed by atoms with van der Waals surface area (Å²) in [6.07, 6.45) is 3.42. The van der Waals surface area contributed by atoms with Gasteiger partial charge < -0.3 is 10.0 Å². The van der Waals surface area contributed by atoms with Crippen molar-refractivity contribution >= 4 is 0 Å². The maximum atomic E-state index is 13.4. The summed E-state index contributed by atoms with van der Waals surface area (Å²) in [7, 11) is 0. The Morgan fingerprint density at radius 2 is 1.94 bits per heavy atom. The SMILES string of the molecule is CCN(Cc1ccc(C#CC(C)(C)O)cc1)C[C@H]1CCCN(CCc2cccc(F)c2)C1. The Labute approximate surface area is 193 Å². The largest absolute Gasteiger partial charge is 0.378 e. The fourth-order valence-corrected chi connectivity index (χ4v) is 4.33. The fraction of sp³-hybridized carbons (Fsp3) is 0.500. The number of benzene rings is 2. The third-order valence-electron chi connectivity index (χ3n) is 6.05. The number of nitrogens with zero attached hydrogens (tertiary/aromatic N) is 2. The van der Waals surface area contributed by atoms with Gasteiger partial charge in [0.15, 0.2) is 0 Å². The molecule has 1 aliphatic heterocycles. The molecule has 2 aromatic carbocycles. The van der Waals surface area contributed by atoms with Gasteiger partial charge in [-0.05, 0) is 87.5 Å². The number of halogens is 1. The molecule has 0 amide bonds. The predicted octanol–water partition coefficient (Wildman–Crippen LogP) is 4.72. The minimum absolute atomic E-state index is 0.144. The molecular formula is C28H37FN2O. The van der Waals surface area contributed by atoms with Crippen molar-refractivity contribution in [3.8, 4) is 11.8 Å². The van der Waals surface area contributed by atoms with Gasteiger partial charge in [-0.2, -0.15) is 0 Å². The van der Waals surface area contributed by atoms with Gasteiger partial charge in [0.1, 0.15) is 11.4 Å². The molecule has 1 atom stereocenters. The monoisotopic (exact) mass is 436 g/mol. The van der Waals surface area contributed by atoms with Crippen LogP contribution in [0, 0.1) is 23.6 Å². The minimum Gasteiger partial charge on any atom is -0.378 e. The summed E-state index contributed by atoms with van der Waals surface area (Å²) in [5.41, 5.74) is 2.33. The number of hydrogen-bond donors (Lipinski definition) is 1. The summed E-state index contributed by atoms with van der Waals surface area (Å²) in [4.78, 5) is 5.07. The number of hydrogen-bond acceptors (Lipinski definition) is 3. The number of piperidine rings is 1. The van der Waals surface area contributed by atoms with Crippen LogP contribution in [0.1, 0.15) is 50.3 Å². The summed E-state index contributed by atoms with van der Waals surface area (Å²) in [6, 6.07) is 15.3. The summed E-state index contributed by atoms with van der Waals surface area (Å²) in [5, 5.41) is 9.76. The maximum absolute atomic E-state index is 13.4. The van der Waals surface area contributed by atoms with E-state index in [1.54, 1.807) is 26.0 Å². The molecule has 1 N–H and O–H groups in total. The van der Waals surface area contributed by atoms with Crippen molar-refractivity contribution in [1.29, 1.82) is 0 Å². The van der Waals surface area contributed by atoms with E-state index in [9.17, 15) is 9.50 Å². The van der Waals surface area contributed by atoms with Crippen molar-refractivity contribution < 1.29 is 9.50 Å². The molecule has 0 saturated carbocycles. The molecule has 1 aliphatic rings. The number of rotatable bonds is 8. The van der Waals surface area contributed by atoms with Crippen LogP contribution in [0.5, 0.6) is 0 Å². The third kappa shape index (κ3) is 8.39. The Bertz CT molecular complexity index is 908. The van der Waals surface area contributed by atoms with Crippen molar-refractivity contribution in [2.24, 2.45) is 5.92 Å². The molecule has 4 heteroatoms. The molecule has 0 bridgehead atoms. The first kappa shape index (κ1) is 24.5. The molecule has 1 fully saturated rings. The minimum atomic E-state index is -0.969. The molecule has 1 heterocycles. The van der Waals surface area contributed by atoms with Gasteiger partial charge in [-0.15, -0.1) is 0 Å². The lowest BCUT2D eigenvalue weighted by Gasteiger charge is -2.35. The van der Waals surface area contributed by atoms with Gasteiger partial charge in [0, 0.05) is 31.7 Å². The Morgan fingerprint density at radius 3 is 2.62 bits per heavy atom. The van der Waals surface area contributed by atoms with E-state index in [0.29, 0.717) is 5.92 Å². The zero-order valence-corrected chi connectivity index (χ0v) is 19.8. The van der Waals surface area contributed by atoms with Crippen LogP contribution in [-0.2, 0) is 13.0 Å². The molecule has 3 nitrogen and oxygen atoms in total. The van der Waals surface area contributed by atoms with Crippen molar-refractivity contribution in [2.75, 3.05) is 32.7 Å². The lowest BCUT2D eigenvalue weighted by atomic mass is 9.96. The third-order valence-corrected chi connectivity index (χ3v) is 6.05.